The van der Waals surface area contributed by atoms with E-state index < -0.39 is 0 Å². The third-order valence-corrected chi connectivity index (χ3v) is 3.26. The molecule has 2 fully saturated rings. The molecule has 0 aliphatic carbocycles. The fourth-order valence-corrected chi connectivity index (χ4v) is 2.41. The van der Waals surface area contributed by atoms with Gasteiger partial charge in [0.05, 0.1) is 0 Å². The topological polar surface area (TPSA) is 23.6 Å². The standard InChI is InChI=1S/C10H18N2O.C2H6.Rb.H/c1-2-11-6-7-12-9(8-11)4-3-5-10(12)13;1-2;;/h9H,2-8H2,1H3;1-2H3;;/q;;+1;-1. The van der Waals surface area contributed by atoms with Crippen molar-refractivity contribution in [1.29, 1.82) is 0 Å². The van der Waals surface area contributed by atoms with Crippen LogP contribution in [0.25, 0.3) is 0 Å². The zero-order valence-electron chi connectivity index (χ0n) is 12.3. The van der Waals surface area contributed by atoms with E-state index in [2.05, 4.69) is 16.7 Å². The first-order valence-corrected chi connectivity index (χ1v) is 6.33. The molecule has 0 aromatic heterocycles. The second-order valence-electron chi connectivity index (χ2n) is 4.03. The molecule has 3 nitrogen and oxygen atoms in total. The number of hydrogen-bond donors (Lipinski definition) is 0. The van der Waals surface area contributed by atoms with Crippen molar-refractivity contribution >= 4 is 5.91 Å². The maximum Gasteiger partial charge on any atom is 1.00 e. The number of nitrogens with zero attached hydrogens (tertiary/aromatic N) is 2. The number of rotatable bonds is 1. The van der Waals surface area contributed by atoms with Gasteiger partial charge in [-0.3, -0.25) is 9.69 Å². The number of amides is 1. The first kappa shape index (κ1) is 17.2. The Labute approximate surface area is 150 Å². The maximum atomic E-state index is 11.5. The van der Waals surface area contributed by atoms with E-state index in [0.717, 1.165) is 39.0 Å². The van der Waals surface area contributed by atoms with E-state index in [1.807, 2.05) is 13.8 Å². The molecule has 2 rings (SSSR count). The quantitative estimate of drug-likeness (QED) is 0.610. The Bertz CT molecular complexity index is 217. The van der Waals surface area contributed by atoms with Crippen molar-refractivity contribution in [2.24, 2.45) is 0 Å². The average molecular weight is 299 g/mol. The number of piperidine rings is 1. The van der Waals surface area contributed by atoms with Crippen LogP contribution in [0.15, 0.2) is 0 Å². The van der Waals surface area contributed by atoms with Crippen LogP contribution in [-0.2, 0) is 4.79 Å². The first-order chi connectivity index (χ1) is 7.31. The van der Waals surface area contributed by atoms with Crippen molar-refractivity contribution in [1.82, 2.24) is 9.80 Å². The van der Waals surface area contributed by atoms with Gasteiger partial charge in [0.15, 0.2) is 0 Å². The number of piperazine rings is 1. The van der Waals surface area contributed by atoms with Crippen LogP contribution in [0, 0.1) is 0 Å². The zero-order valence-corrected chi connectivity index (χ0v) is 16.2. The average Bonchev–Trinajstić information content (AvgIpc) is 2.31. The molecule has 4 heteroatoms. The van der Waals surface area contributed by atoms with Gasteiger partial charge < -0.3 is 6.33 Å². The minimum atomic E-state index is 0. The third-order valence-electron chi connectivity index (χ3n) is 3.26. The molecule has 0 aromatic rings. The molecule has 1 amide bonds. The molecular weight excluding hydrogens is 274 g/mol. The Morgan fingerprint density at radius 3 is 2.69 bits per heavy atom. The Morgan fingerprint density at radius 2 is 2.06 bits per heavy atom. The number of carbonyl (C=O) groups is 1. The minimum Gasteiger partial charge on any atom is -1.00 e. The van der Waals surface area contributed by atoms with Gasteiger partial charge in [-0.15, -0.1) is 0 Å². The Balaban J connectivity index is 0. The summed E-state index contributed by atoms with van der Waals surface area (Å²) in [6.07, 6.45) is 3.09. The third kappa shape index (κ3) is 4.49. The summed E-state index contributed by atoms with van der Waals surface area (Å²) in [7, 11) is 0. The summed E-state index contributed by atoms with van der Waals surface area (Å²) in [6.45, 7) is 10.4. The smallest absolute Gasteiger partial charge is 1.00 e. The van der Waals surface area contributed by atoms with E-state index in [1.165, 1.54) is 6.42 Å². The van der Waals surface area contributed by atoms with Gasteiger partial charge in [0, 0.05) is 32.1 Å². The SMILES string of the molecule is CC.CCN1CCN2C(=O)CCCC2C1.[H-].[Rb+]. The first-order valence-electron chi connectivity index (χ1n) is 6.33. The number of carbonyl (C=O) groups excluding carboxylic acids is 1. The van der Waals surface area contributed by atoms with E-state index in [4.69, 9.17) is 0 Å². The van der Waals surface area contributed by atoms with Crippen LogP contribution in [0.1, 0.15) is 41.5 Å². The van der Waals surface area contributed by atoms with Crippen molar-refractivity contribution in [2.75, 3.05) is 26.2 Å². The van der Waals surface area contributed by atoms with Crippen molar-refractivity contribution in [3.8, 4) is 0 Å². The molecule has 1 atom stereocenters. The van der Waals surface area contributed by atoms with Gasteiger partial charge in [-0.05, 0) is 19.4 Å². The summed E-state index contributed by atoms with van der Waals surface area (Å²) in [5.41, 5.74) is 0. The van der Waals surface area contributed by atoms with Crippen LogP contribution in [-0.4, -0.2) is 47.9 Å². The van der Waals surface area contributed by atoms with Gasteiger partial charge in [0.2, 0.25) is 5.91 Å². The van der Waals surface area contributed by atoms with Gasteiger partial charge in [-0.1, -0.05) is 20.8 Å². The predicted molar refractivity (Wildman–Crippen MR) is 63.9 cm³/mol. The predicted octanol–water partition coefficient (Wildman–Crippen LogP) is -1.15. The van der Waals surface area contributed by atoms with Crippen LogP contribution in [0.2, 0.25) is 0 Å². The molecule has 0 saturated carbocycles. The molecular formula is C12H25N2ORb. The summed E-state index contributed by atoms with van der Waals surface area (Å²) in [4.78, 5) is 16.1. The number of likely N-dealkylation sites (N-methyl/N-ethyl adjacent to an activating group) is 1. The van der Waals surface area contributed by atoms with Crippen LogP contribution >= 0.6 is 0 Å². The summed E-state index contributed by atoms with van der Waals surface area (Å²) in [5, 5.41) is 0. The Hall–Kier alpha value is 1.24. The van der Waals surface area contributed by atoms with Crippen LogP contribution in [0.4, 0.5) is 0 Å². The second-order valence-corrected chi connectivity index (χ2v) is 4.03. The van der Waals surface area contributed by atoms with E-state index in [0.29, 0.717) is 11.9 Å². The largest absolute Gasteiger partial charge is 1.00 e. The van der Waals surface area contributed by atoms with Crippen LogP contribution in [0.5, 0.6) is 0 Å². The van der Waals surface area contributed by atoms with Crippen molar-refractivity contribution in [3.63, 3.8) is 0 Å². The zero-order chi connectivity index (χ0) is 11.3. The van der Waals surface area contributed by atoms with Gasteiger partial charge in [0.1, 0.15) is 0 Å². The van der Waals surface area contributed by atoms with Gasteiger partial charge in [-0.2, -0.15) is 0 Å². The summed E-state index contributed by atoms with van der Waals surface area (Å²) < 4.78 is 0. The van der Waals surface area contributed by atoms with E-state index >= 15 is 0 Å². The van der Waals surface area contributed by atoms with E-state index in [1.54, 1.807) is 0 Å². The molecule has 0 aromatic carbocycles. The number of fused-ring (bicyclic) bond motifs is 1. The maximum absolute atomic E-state index is 11.5. The molecule has 16 heavy (non-hydrogen) atoms. The minimum absolute atomic E-state index is 0. The molecule has 2 saturated heterocycles. The molecule has 0 bridgehead atoms. The fraction of sp³-hybridized carbons (Fsp3) is 0.917. The molecule has 90 valence electrons. The van der Waals surface area contributed by atoms with Crippen LogP contribution < -0.4 is 58.2 Å². The summed E-state index contributed by atoms with van der Waals surface area (Å²) in [6, 6.07) is 0.523. The summed E-state index contributed by atoms with van der Waals surface area (Å²) >= 11 is 0. The van der Waals surface area contributed by atoms with Crippen molar-refractivity contribution in [3.05, 3.63) is 0 Å². The van der Waals surface area contributed by atoms with Crippen molar-refractivity contribution < 1.29 is 64.4 Å². The van der Waals surface area contributed by atoms with Crippen LogP contribution in [0.3, 0.4) is 0 Å². The molecule has 1 unspecified atom stereocenters. The normalized spacial score (nSPS) is 25.1. The molecule has 0 spiro atoms. The van der Waals surface area contributed by atoms with Gasteiger partial charge >= 0.3 is 58.2 Å². The second kappa shape index (κ2) is 9.20. The molecule has 2 aliphatic heterocycles. The van der Waals surface area contributed by atoms with E-state index in [-0.39, 0.29) is 59.6 Å². The molecule has 0 radical (unpaired) electrons. The summed E-state index contributed by atoms with van der Waals surface area (Å²) in [5.74, 6) is 0.381. The monoisotopic (exact) mass is 298 g/mol. The van der Waals surface area contributed by atoms with Crippen molar-refractivity contribution in [2.45, 2.75) is 46.1 Å². The number of hydrogen-bond acceptors (Lipinski definition) is 2. The fourth-order valence-electron chi connectivity index (χ4n) is 2.41. The van der Waals surface area contributed by atoms with Gasteiger partial charge in [0.25, 0.3) is 0 Å². The molecule has 2 aliphatic rings. The van der Waals surface area contributed by atoms with E-state index in [9.17, 15) is 4.79 Å². The molecule has 2 heterocycles. The Morgan fingerprint density at radius 1 is 1.38 bits per heavy atom. The van der Waals surface area contributed by atoms with Gasteiger partial charge in [-0.25, -0.2) is 0 Å². The Kier molecular flexibility index (Phi) is 9.91. The molecule has 0 N–H and O–H groups in total.